The SMILES string of the molecule is COc1c(C)c(C)c2c(c1C=Cc1ccc(C)cc1)CCC(C)(CCCC(C)CCCC(C)CCCC(C)C)O2.COc1c(C)c(C)c2c(c1C=O)CCC(C)(CCCC(C)CCCC(C)CCCC(C)C)O2.COc1cc2c(c(C)c1C)OC(C)(CCCC(C)CCCC(C)CCCC(C)C)CC2. The van der Waals surface area contributed by atoms with Crippen LogP contribution in [0.4, 0.5) is 0 Å². The van der Waals surface area contributed by atoms with Crippen LogP contribution in [0.25, 0.3) is 12.2 Å². The average molecular weight is 1440 g/mol. The van der Waals surface area contributed by atoms with E-state index in [1.807, 2.05) is 6.92 Å². The Kier molecular flexibility index (Phi) is 38.4. The summed E-state index contributed by atoms with van der Waals surface area (Å²) >= 11 is 0. The molecule has 7 nitrogen and oxygen atoms in total. The fourth-order valence-electron chi connectivity index (χ4n) is 17.0. The zero-order valence-electron chi connectivity index (χ0n) is 72.0. The van der Waals surface area contributed by atoms with Crippen molar-refractivity contribution in [2.24, 2.45) is 53.3 Å². The lowest BCUT2D eigenvalue weighted by molar-refractivity contribution is 0.0508. The summed E-state index contributed by atoms with van der Waals surface area (Å²) < 4.78 is 37.2. The van der Waals surface area contributed by atoms with Crippen LogP contribution in [0, 0.1) is 102 Å². The van der Waals surface area contributed by atoms with E-state index < -0.39 is 0 Å². The van der Waals surface area contributed by atoms with Gasteiger partial charge in [0, 0.05) is 16.7 Å². The third-order valence-electron chi connectivity index (χ3n) is 24.9. The summed E-state index contributed by atoms with van der Waals surface area (Å²) in [6.07, 6.45) is 47.4. The van der Waals surface area contributed by atoms with Crippen LogP contribution in [0.15, 0.2) is 30.3 Å². The first-order valence-corrected chi connectivity index (χ1v) is 42.6. The molecular weight excluding hydrogens is 1280 g/mol. The highest BCUT2D eigenvalue weighted by Gasteiger charge is 2.38. The number of hydrogen-bond acceptors (Lipinski definition) is 7. The first kappa shape index (κ1) is 89.7. The zero-order chi connectivity index (χ0) is 76.9. The third kappa shape index (κ3) is 28.9. The summed E-state index contributed by atoms with van der Waals surface area (Å²) in [5, 5.41) is 0. The van der Waals surface area contributed by atoms with Gasteiger partial charge < -0.3 is 28.4 Å². The number of carbonyl (C=O) groups excluding carboxylic acids is 1. The van der Waals surface area contributed by atoms with Crippen LogP contribution in [0.3, 0.4) is 0 Å². The molecule has 0 N–H and O–H groups in total. The van der Waals surface area contributed by atoms with E-state index in [1.165, 1.54) is 204 Å². The topological polar surface area (TPSA) is 72.5 Å². The van der Waals surface area contributed by atoms with Crippen molar-refractivity contribution in [2.45, 2.75) is 381 Å². The Morgan fingerprint density at radius 2 is 0.692 bits per heavy atom. The van der Waals surface area contributed by atoms with Gasteiger partial charge in [0.05, 0.1) is 26.9 Å². The van der Waals surface area contributed by atoms with E-state index >= 15 is 0 Å². The highest BCUT2D eigenvalue weighted by atomic mass is 16.5. The van der Waals surface area contributed by atoms with Crippen LogP contribution >= 0.6 is 0 Å². The molecule has 0 fully saturated rings. The maximum absolute atomic E-state index is 11.8. The van der Waals surface area contributed by atoms with Gasteiger partial charge in [-0.2, -0.15) is 0 Å². The van der Waals surface area contributed by atoms with Crippen molar-refractivity contribution in [1.82, 2.24) is 0 Å². The second-order valence-electron chi connectivity index (χ2n) is 36.4. The summed E-state index contributed by atoms with van der Waals surface area (Å²) in [7, 11) is 5.19. The van der Waals surface area contributed by atoms with Crippen LogP contribution in [-0.4, -0.2) is 44.4 Å². The molecule has 0 aliphatic carbocycles. The number of methoxy groups -OCH3 is 3. The van der Waals surface area contributed by atoms with Gasteiger partial charge in [-0.15, -0.1) is 0 Å². The lowest BCUT2D eigenvalue weighted by Gasteiger charge is -2.38. The molecule has 0 spiro atoms. The molecule has 0 aromatic heterocycles. The van der Waals surface area contributed by atoms with Crippen LogP contribution in [0.2, 0.25) is 0 Å². The Morgan fingerprint density at radius 1 is 0.375 bits per heavy atom. The Hall–Kier alpha value is -4.91. The van der Waals surface area contributed by atoms with Gasteiger partial charge in [0.25, 0.3) is 0 Å². The fraction of sp³-hybridized carbons (Fsp3) is 0.722. The average Bonchev–Trinajstić information content (AvgIpc) is 0.757. The molecule has 4 aromatic rings. The molecule has 4 aromatic carbocycles. The number of aldehydes is 1. The number of carbonyl (C=O) groups is 1. The standard InChI is InChI=1S/C38H58O2.C30H50O3.C29H50O2/c1-27(2)13-10-14-28(3)15-11-16-29(4)17-12-25-38(8)26-24-35-34(23-22-33-20-18-30(5)19-21-33)36(39-9)31(6)32(7)37(35)40-38;1-21(2)12-9-13-22(3)14-10-15-23(4)16-11-18-30(7)19-17-26-27(20-31)28(32-8)24(5)25(6)29(26)33-30;1-21(2)12-9-13-22(3)14-10-15-23(4)16-11-18-29(7)19-17-26-20-27(30-8)24(5)25(6)28(26)31-29/h18-23,27-29H,10-17,24-26H2,1-9H3;20-23H,9-19H2,1-8H3;20-23H,9-19H2,1-8H3. The molecule has 104 heavy (non-hydrogen) atoms. The van der Waals surface area contributed by atoms with Crippen molar-refractivity contribution in [3.8, 4) is 34.5 Å². The largest absolute Gasteiger partial charge is 0.496 e. The number of aryl methyl sites for hydroxylation is 2. The number of hydrogen-bond donors (Lipinski definition) is 0. The van der Waals surface area contributed by atoms with Gasteiger partial charge in [0.1, 0.15) is 51.3 Å². The smallest absolute Gasteiger partial charge is 0.154 e. The van der Waals surface area contributed by atoms with E-state index in [0.29, 0.717) is 11.3 Å². The normalized spacial score (nSPS) is 19.4. The molecule has 9 unspecified atom stereocenters. The summed E-state index contributed by atoms with van der Waals surface area (Å²) in [6, 6.07) is 10.9. The summed E-state index contributed by atoms with van der Waals surface area (Å²) in [6.45, 7) is 50.5. The highest BCUT2D eigenvalue weighted by Crippen LogP contribution is 2.48. The van der Waals surface area contributed by atoms with E-state index in [2.05, 4.69) is 188 Å². The third-order valence-corrected chi connectivity index (χ3v) is 24.9. The molecule has 0 bridgehead atoms. The zero-order valence-corrected chi connectivity index (χ0v) is 72.0. The summed E-state index contributed by atoms with van der Waals surface area (Å²) in [4.78, 5) is 11.8. The minimum Gasteiger partial charge on any atom is -0.496 e. The van der Waals surface area contributed by atoms with Gasteiger partial charge in [-0.3, -0.25) is 4.79 Å². The van der Waals surface area contributed by atoms with Gasteiger partial charge in [-0.05, 0) is 250 Å². The summed E-state index contributed by atoms with van der Waals surface area (Å²) in [5.41, 5.74) is 14.7. The monoisotopic (exact) mass is 1440 g/mol. The minimum absolute atomic E-state index is 0.0244. The Bertz CT molecular complexity index is 3200. The first-order chi connectivity index (χ1) is 49.3. The van der Waals surface area contributed by atoms with Gasteiger partial charge in [0.15, 0.2) is 6.29 Å². The molecule has 0 amide bonds. The Balaban J connectivity index is 0.000000283. The minimum atomic E-state index is -0.149. The molecule has 3 aliphatic heterocycles. The number of fused-ring (bicyclic) bond motifs is 3. The molecule has 9 atom stereocenters. The Morgan fingerprint density at radius 3 is 1.04 bits per heavy atom. The van der Waals surface area contributed by atoms with Crippen LogP contribution < -0.4 is 28.4 Å². The molecule has 3 aliphatic rings. The molecule has 0 saturated heterocycles. The van der Waals surface area contributed by atoms with Crippen molar-refractivity contribution in [1.29, 1.82) is 0 Å². The molecule has 3 heterocycles. The van der Waals surface area contributed by atoms with Crippen LogP contribution in [-0.2, 0) is 19.3 Å². The second kappa shape index (κ2) is 44.5. The van der Waals surface area contributed by atoms with Crippen molar-refractivity contribution in [2.75, 3.05) is 21.3 Å². The Labute approximate surface area is 640 Å². The fourth-order valence-corrected chi connectivity index (χ4v) is 17.0. The number of ether oxygens (including phenoxy) is 6. The quantitative estimate of drug-likeness (QED) is 0.0323. The van der Waals surface area contributed by atoms with Crippen LogP contribution in [0.1, 0.15) is 374 Å². The number of benzene rings is 4. The van der Waals surface area contributed by atoms with Gasteiger partial charge in [-0.1, -0.05) is 260 Å². The molecular formula is C97H158O7. The van der Waals surface area contributed by atoms with Crippen molar-refractivity contribution < 1.29 is 33.2 Å². The van der Waals surface area contributed by atoms with Crippen LogP contribution in [0.5, 0.6) is 34.5 Å². The van der Waals surface area contributed by atoms with E-state index in [-0.39, 0.29) is 16.8 Å². The maximum Gasteiger partial charge on any atom is 0.154 e. The van der Waals surface area contributed by atoms with E-state index in [0.717, 1.165) is 163 Å². The lowest BCUT2D eigenvalue weighted by Crippen LogP contribution is -2.37. The molecule has 7 heteroatoms. The first-order valence-electron chi connectivity index (χ1n) is 42.6. The van der Waals surface area contributed by atoms with E-state index in [1.54, 1.807) is 21.3 Å². The molecule has 7 rings (SSSR count). The van der Waals surface area contributed by atoms with Gasteiger partial charge in [-0.25, -0.2) is 0 Å². The molecule has 0 saturated carbocycles. The van der Waals surface area contributed by atoms with E-state index in [9.17, 15) is 4.79 Å². The predicted octanol–water partition coefficient (Wildman–Crippen LogP) is 28.8. The number of rotatable bonds is 42. The van der Waals surface area contributed by atoms with Crippen molar-refractivity contribution >= 4 is 18.4 Å². The summed E-state index contributed by atoms with van der Waals surface area (Å²) in [5.74, 6) is 13.4. The second-order valence-corrected chi connectivity index (χ2v) is 36.4. The van der Waals surface area contributed by atoms with Crippen molar-refractivity contribution in [3.63, 3.8) is 0 Å². The van der Waals surface area contributed by atoms with Crippen molar-refractivity contribution in [3.05, 3.63) is 103 Å². The van der Waals surface area contributed by atoms with E-state index in [4.69, 9.17) is 28.4 Å². The molecule has 0 radical (unpaired) electrons. The highest BCUT2D eigenvalue weighted by molar-refractivity contribution is 5.85. The van der Waals surface area contributed by atoms with Gasteiger partial charge >= 0.3 is 0 Å². The maximum atomic E-state index is 11.8. The molecule has 588 valence electrons. The van der Waals surface area contributed by atoms with Gasteiger partial charge in [0.2, 0.25) is 0 Å². The lowest BCUT2D eigenvalue weighted by atomic mass is 9.83. The predicted molar refractivity (Wildman–Crippen MR) is 449 cm³/mol.